The molecule has 132 valence electrons. The van der Waals surface area contributed by atoms with Gasteiger partial charge in [0.05, 0.1) is 11.4 Å². The molecule has 3 rings (SSSR count). The molecule has 0 bridgehead atoms. The lowest BCUT2D eigenvalue weighted by Gasteiger charge is -2.17. The Hall–Kier alpha value is -2.25. The summed E-state index contributed by atoms with van der Waals surface area (Å²) in [6.07, 6.45) is 0. The number of benzene rings is 1. The zero-order valence-electron chi connectivity index (χ0n) is 15.0. The molecule has 7 heteroatoms. The van der Waals surface area contributed by atoms with E-state index in [1.807, 2.05) is 67.9 Å². The number of nitrogens with one attached hydrogen (secondary N) is 1. The quantitative estimate of drug-likeness (QED) is 0.827. The lowest BCUT2D eigenvalue weighted by Crippen LogP contribution is -2.36. The Morgan fingerprint density at radius 3 is 2.56 bits per heavy atom. The number of rotatable bonds is 5. The van der Waals surface area contributed by atoms with Crippen LogP contribution in [0.2, 0.25) is 0 Å². The number of aryl methyl sites for hydroxylation is 1. The van der Waals surface area contributed by atoms with Crippen LogP contribution >= 0.6 is 12.2 Å². The monoisotopic (exact) mass is 357 g/mol. The predicted molar refractivity (Wildman–Crippen MR) is 102 cm³/mol. The molecule has 1 amide bonds. The van der Waals surface area contributed by atoms with Crippen molar-refractivity contribution in [3.8, 4) is 5.69 Å². The maximum atomic E-state index is 12.9. The summed E-state index contributed by atoms with van der Waals surface area (Å²) in [6.45, 7) is 5.27. The second-order valence-electron chi connectivity index (χ2n) is 6.51. The number of para-hydroxylation sites is 1. The number of carbonyl (C=O) groups excluding carboxylic acids is 1. The first-order valence-corrected chi connectivity index (χ1v) is 8.69. The van der Waals surface area contributed by atoms with Crippen LogP contribution in [0.15, 0.2) is 30.3 Å². The van der Waals surface area contributed by atoms with Gasteiger partial charge in [-0.15, -0.1) is 0 Å². The summed E-state index contributed by atoms with van der Waals surface area (Å²) in [5.74, 6) is -0.00865. The molecule has 0 unspecified atom stereocenters. The molecule has 2 heterocycles. The van der Waals surface area contributed by atoms with Gasteiger partial charge in [0, 0.05) is 24.3 Å². The molecule has 25 heavy (non-hydrogen) atoms. The fourth-order valence-electron chi connectivity index (χ4n) is 3.12. The lowest BCUT2D eigenvalue weighted by molar-refractivity contribution is -0.127. The molecule has 1 aliphatic heterocycles. The van der Waals surface area contributed by atoms with E-state index in [2.05, 4.69) is 10.4 Å². The molecule has 1 saturated heterocycles. The second-order valence-corrected chi connectivity index (χ2v) is 6.89. The minimum atomic E-state index is -0.466. The number of likely N-dealkylation sites (N-methyl/N-ethyl adjacent to an activating group) is 1. The smallest absolute Gasteiger partial charge is 0.256 e. The molecule has 1 aromatic heterocycles. The van der Waals surface area contributed by atoms with Gasteiger partial charge in [-0.05, 0) is 52.3 Å². The summed E-state index contributed by atoms with van der Waals surface area (Å²) in [6, 6.07) is 9.46. The average molecular weight is 357 g/mol. The van der Waals surface area contributed by atoms with E-state index in [4.69, 9.17) is 12.2 Å². The standard InChI is InChI=1S/C18H23N5OS/c1-12-15(13(2)23(20-12)14-8-6-5-7-9-14)16-17(24)22(18(25)19-16)11-10-21(3)4/h5-9,16H,10-11H2,1-4H3,(H,19,25)/t16-/m0/s1. The Kier molecular flexibility index (Phi) is 4.87. The zero-order chi connectivity index (χ0) is 18.1. The second kappa shape index (κ2) is 6.93. The van der Waals surface area contributed by atoms with Crippen molar-refractivity contribution in [1.82, 2.24) is 24.9 Å². The number of amides is 1. The first-order valence-electron chi connectivity index (χ1n) is 8.28. The first kappa shape index (κ1) is 17.6. The highest BCUT2D eigenvalue weighted by Crippen LogP contribution is 2.28. The van der Waals surface area contributed by atoms with Crippen LogP contribution in [0.4, 0.5) is 0 Å². The molecule has 1 N–H and O–H groups in total. The third kappa shape index (κ3) is 3.29. The Morgan fingerprint density at radius 1 is 1.24 bits per heavy atom. The molecule has 1 aromatic carbocycles. The molecule has 0 aliphatic carbocycles. The van der Waals surface area contributed by atoms with E-state index in [0.29, 0.717) is 11.7 Å². The molecule has 2 aromatic rings. The van der Waals surface area contributed by atoms with Crippen LogP contribution in [-0.4, -0.2) is 57.8 Å². The van der Waals surface area contributed by atoms with Crippen molar-refractivity contribution in [2.75, 3.05) is 27.2 Å². The SMILES string of the molecule is Cc1nn(-c2ccccc2)c(C)c1[C@@H]1NC(=S)N(CCN(C)C)C1=O. The summed E-state index contributed by atoms with van der Waals surface area (Å²) in [7, 11) is 3.96. The minimum absolute atomic E-state index is 0.00865. The van der Waals surface area contributed by atoms with E-state index in [1.54, 1.807) is 4.90 Å². The maximum absolute atomic E-state index is 12.9. The van der Waals surface area contributed by atoms with Crippen LogP contribution < -0.4 is 5.32 Å². The van der Waals surface area contributed by atoms with Crippen molar-refractivity contribution in [2.45, 2.75) is 19.9 Å². The van der Waals surface area contributed by atoms with Crippen molar-refractivity contribution in [1.29, 1.82) is 0 Å². The van der Waals surface area contributed by atoms with Gasteiger partial charge in [0.25, 0.3) is 5.91 Å². The van der Waals surface area contributed by atoms with Crippen LogP contribution in [0.25, 0.3) is 5.69 Å². The molecule has 6 nitrogen and oxygen atoms in total. The van der Waals surface area contributed by atoms with Gasteiger partial charge in [0.15, 0.2) is 5.11 Å². The van der Waals surface area contributed by atoms with Crippen molar-refractivity contribution in [3.05, 3.63) is 47.3 Å². The van der Waals surface area contributed by atoms with Crippen LogP contribution in [0.5, 0.6) is 0 Å². The Balaban J connectivity index is 1.91. The van der Waals surface area contributed by atoms with Gasteiger partial charge >= 0.3 is 0 Å². The van der Waals surface area contributed by atoms with Crippen molar-refractivity contribution in [2.24, 2.45) is 0 Å². The van der Waals surface area contributed by atoms with E-state index in [-0.39, 0.29) is 5.91 Å². The van der Waals surface area contributed by atoms with Crippen molar-refractivity contribution >= 4 is 23.2 Å². The maximum Gasteiger partial charge on any atom is 0.256 e. The highest BCUT2D eigenvalue weighted by Gasteiger charge is 2.39. The van der Waals surface area contributed by atoms with E-state index >= 15 is 0 Å². The third-order valence-electron chi connectivity index (χ3n) is 4.43. The normalized spacial score (nSPS) is 17.5. The molecular formula is C18H23N5OS. The van der Waals surface area contributed by atoms with Crippen molar-refractivity contribution in [3.63, 3.8) is 0 Å². The molecule has 1 atom stereocenters. The fourth-order valence-corrected chi connectivity index (χ4v) is 3.42. The predicted octanol–water partition coefficient (Wildman–Crippen LogP) is 1.81. The molecule has 0 saturated carbocycles. The van der Waals surface area contributed by atoms with Gasteiger partial charge in [-0.2, -0.15) is 5.10 Å². The molecule has 1 aliphatic rings. The van der Waals surface area contributed by atoms with Gasteiger partial charge in [-0.1, -0.05) is 18.2 Å². The molecular weight excluding hydrogens is 334 g/mol. The number of carbonyl (C=O) groups is 1. The highest BCUT2D eigenvalue weighted by atomic mass is 32.1. The van der Waals surface area contributed by atoms with Gasteiger partial charge in [-0.3, -0.25) is 9.69 Å². The van der Waals surface area contributed by atoms with Gasteiger partial charge < -0.3 is 10.2 Å². The highest BCUT2D eigenvalue weighted by molar-refractivity contribution is 7.80. The topological polar surface area (TPSA) is 53.4 Å². The van der Waals surface area contributed by atoms with Crippen LogP contribution in [0.3, 0.4) is 0 Å². The third-order valence-corrected chi connectivity index (χ3v) is 4.77. The van der Waals surface area contributed by atoms with Crippen LogP contribution in [0, 0.1) is 13.8 Å². The minimum Gasteiger partial charge on any atom is -0.347 e. The lowest BCUT2D eigenvalue weighted by atomic mass is 10.0. The summed E-state index contributed by atoms with van der Waals surface area (Å²) < 4.78 is 1.88. The Labute approximate surface area is 153 Å². The number of hydrogen-bond donors (Lipinski definition) is 1. The Bertz CT molecular complexity index is 799. The largest absolute Gasteiger partial charge is 0.347 e. The van der Waals surface area contributed by atoms with E-state index in [9.17, 15) is 4.79 Å². The number of hydrogen-bond acceptors (Lipinski definition) is 4. The number of nitrogens with zero attached hydrogens (tertiary/aromatic N) is 4. The van der Waals surface area contributed by atoms with E-state index < -0.39 is 6.04 Å². The van der Waals surface area contributed by atoms with Crippen LogP contribution in [0.1, 0.15) is 23.0 Å². The summed E-state index contributed by atoms with van der Waals surface area (Å²) >= 11 is 5.38. The Morgan fingerprint density at radius 2 is 1.92 bits per heavy atom. The van der Waals surface area contributed by atoms with Crippen molar-refractivity contribution < 1.29 is 4.79 Å². The fraction of sp³-hybridized carbons (Fsp3) is 0.389. The number of aromatic nitrogens is 2. The summed E-state index contributed by atoms with van der Waals surface area (Å²) in [4.78, 5) is 16.6. The van der Waals surface area contributed by atoms with E-state index in [0.717, 1.165) is 29.2 Å². The number of thiocarbonyl (C=S) groups is 1. The van der Waals surface area contributed by atoms with E-state index in [1.165, 1.54) is 0 Å². The summed E-state index contributed by atoms with van der Waals surface area (Å²) in [5, 5.41) is 8.30. The van der Waals surface area contributed by atoms with Gasteiger partial charge in [-0.25, -0.2) is 4.68 Å². The zero-order valence-corrected chi connectivity index (χ0v) is 15.8. The van der Waals surface area contributed by atoms with Gasteiger partial charge in [0.2, 0.25) is 0 Å². The molecule has 0 radical (unpaired) electrons. The molecule has 0 spiro atoms. The average Bonchev–Trinajstić information content (AvgIpc) is 3.02. The van der Waals surface area contributed by atoms with Gasteiger partial charge in [0.1, 0.15) is 6.04 Å². The first-order chi connectivity index (χ1) is 11.9. The van der Waals surface area contributed by atoms with Crippen LogP contribution in [-0.2, 0) is 4.79 Å². The summed E-state index contributed by atoms with van der Waals surface area (Å²) in [5.41, 5.74) is 3.67. The molecule has 1 fully saturated rings.